The van der Waals surface area contributed by atoms with Gasteiger partial charge in [-0.3, -0.25) is 0 Å². The van der Waals surface area contributed by atoms with Crippen LogP contribution in [0.5, 0.6) is 0 Å². The zero-order valence-electron chi connectivity index (χ0n) is 19.0. The van der Waals surface area contributed by atoms with Gasteiger partial charge in [0.2, 0.25) is 0 Å². The Morgan fingerprint density at radius 3 is 1.52 bits per heavy atom. The molecule has 2 heteroatoms. The van der Waals surface area contributed by atoms with Gasteiger partial charge in [0, 0.05) is 12.1 Å². The molecule has 0 N–H and O–H groups in total. The molecular weight excluding hydrogens is 352 g/mol. The van der Waals surface area contributed by atoms with Gasteiger partial charge in [-0.1, -0.05) is 62.8 Å². The average Bonchev–Trinajstić information content (AvgIpc) is 3.29. The van der Waals surface area contributed by atoms with Crippen LogP contribution in [0.1, 0.15) is 70.6 Å². The van der Waals surface area contributed by atoms with E-state index in [4.69, 9.17) is 0 Å². The first-order chi connectivity index (χ1) is 14.2. The lowest BCUT2D eigenvalue weighted by Gasteiger charge is -2.33. The van der Waals surface area contributed by atoms with Crippen molar-refractivity contribution in [3.63, 3.8) is 0 Å². The minimum atomic E-state index is 0.779. The SMILES string of the molecule is CN1CCCN(C)[C@H]2CC3CCCC[C@@H]3[C@H]2C=CC=C[C@@H]2C3CCCC[C@@H]3CC21. The Morgan fingerprint density at radius 1 is 0.586 bits per heavy atom. The minimum absolute atomic E-state index is 0.779. The molecule has 2 nitrogen and oxygen atoms in total. The van der Waals surface area contributed by atoms with Gasteiger partial charge in [-0.25, -0.2) is 0 Å². The van der Waals surface area contributed by atoms with E-state index in [9.17, 15) is 0 Å². The van der Waals surface area contributed by atoms with Gasteiger partial charge in [-0.05, 0) is 94.8 Å². The van der Waals surface area contributed by atoms with Crippen LogP contribution in [0.2, 0.25) is 0 Å². The van der Waals surface area contributed by atoms with E-state index >= 15 is 0 Å². The summed E-state index contributed by atoms with van der Waals surface area (Å²) in [6.45, 7) is 2.55. The summed E-state index contributed by atoms with van der Waals surface area (Å²) >= 11 is 0. The first-order valence-corrected chi connectivity index (χ1v) is 13.0. The molecule has 3 unspecified atom stereocenters. The van der Waals surface area contributed by atoms with E-state index in [1.165, 1.54) is 83.7 Å². The number of hydrogen-bond donors (Lipinski definition) is 0. The molecule has 8 atom stereocenters. The van der Waals surface area contributed by atoms with Crippen LogP contribution in [0.15, 0.2) is 24.3 Å². The number of rotatable bonds is 0. The van der Waals surface area contributed by atoms with Crippen LogP contribution in [0.25, 0.3) is 0 Å². The zero-order valence-corrected chi connectivity index (χ0v) is 19.0. The molecule has 4 saturated carbocycles. The second kappa shape index (κ2) is 8.87. The molecule has 0 radical (unpaired) electrons. The number of allylic oxidation sites excluding steroid dienone is 2. The maximum Gasteiger partial charge on any atom is 0.0161 e. The fraction of sp³-hybridized carbons (Fsp3) is 0.852. The van der Waals surface area contributed by atoms with Crippen LogP contribution in [0.3, 0.4) is 0 Å². The molecule has 162 valence electrons. The molecule has 0 aromatic heterocycles. The predicted molar refractivity (Wildman–Crippen MR) is 123 cm³/mol. The maximum absolute atomic E-state index is 2.74. The van der Waals surface area contributed by atoms with Gasteiger partial charge in [-0.15, -0.1) is 0 Å². The van der Waals surface area contributed by atoms with Crippen molar-refractivity contribution < 1.29 is 0 Å². The van der Waals surface area contributed by atoms with Crippen LogP contribution in [-0.4, -0.2) is 49.1 Å². The van der Waals surface area contributed by atoms with E-state index in [1.54, 1.807) is 0 Å². The van der Waals surface area contributed by atoms with Crippen LogP contribution >= 0.6 is 0 Å². The highest BCUT2D eigenvalue weighted by Crippen LogP contribution is 2.49. The highest BCUT2D eigenvalue weighted by molar-refractivity contribution is 5.15. The lowest BCUT2D eigenvalue weighted by Crippen LogP contribution is -2.39. The van der Waals surface area contributed by atoms with Crippen molar-refractivity contribution in [3.8, 4) is 0 Å². The molecule has 5 rings (SSSR count). The van der Waals surface area contributed by atoms with Crippen molar-refractivity contribution in [2.75, 3.05) is 27.2 Å². The average molecular weight is 397 g/mol. The molecular formula is C27H44N2. The number of fused-ring (bicyclic) bond motifs is 6. The van der Waals surface area contributed by atoms with Gasteiger partial charge in [-0.2, -0.15) is 0 Å². The molecule has 0 saturated heterocycles. The largest absolute Gasteiger partial charge is 0.303 e. The van der Waals surface area contributed by atoms with Crippen LogP contribution < -0.4 is 0 Å². The van der Waals surface area contributed by atoms with Gasteiger partial charge >= 0.3 is 0 Å². The Bertz CT molecular complexity index is 558. The highest BCUT2D eigenvalue weighted by atomic mass is 15.2. The topological polar surface area (TPSA) is 6.48 Å². The van der Waals surface area contributed by atoms with E-state index in [0.29, 0.717) is 0 Å². The molecule has 4 aliphatic carbocycles. The van der Waals surface area contributed by atoms with Crippen molar-refractivity contribution in [2.45, 2.75) is 82.7 Å². The van der Waals surface area contributed by atoms with Crippen LogP contribution in [0, 0.1) is 35.5 Å². The van der Waals surface area contributed by atoms with E-state index in [1.807, 2.05) is 0 Å². The highest BCUT2D eigenvalue weighted by Gasteiger charge is 2.45. The predicted octanol–water partition coefficient (Wildman–Crippen LogP) is 5.76. The van der Waals surface area contributed by atoms with Crippen LogP contribution in [0.4, 0.5) is 0 Å². The van der Waals surface area contributed by atoms with E-state index in [-0.39, 0.29) is 0 Å². The lowest BCUT2D eigenvalue weighted by atomic mass is 9.77. The van der Waals surface area contributed by atoms with E-state index in [0.717, 1.165) is 47.6 Å². The van der Waals surface area contributed by atoms with Crippen molar-refractivity contribution in [1.29, 1.82) is 0 Å². The minimum Gasteiger partial charge on any atom is -0.303 e. The summed E-state index contributed by atoms with van der Waals surface area (Å²) in [4.78, 5) is 5.49. The van der Waals surface area contributed by atoms with Crippen molar-refractivity contribution in [2.24, 2.45) is 35.5 Å². The monoisotopic (exact) mass is 396 g/mol. The normalized spacial score (nSPS) is 46.7. The molecule has 0 spiro atoms. The zero-order chi connectivity index (χ0) is 19.8. The molecule has 1 heterocycles. The molecule has 29 heavy (non-hydrogen) atoms. The lowest BCUT2D eigenvalue weighted by molar-refractivity contribution is 0.166. The van der Waals surface area contributed by atoms with Crippen LogP contribution in [-0.2, 0) is 0 Å². The molecule has 0 aromatic rings. The summed E-state index contributed by atoms with van der Waals surface area (Å²) in [5.41, 5.74) is 0. The van der Waals surface area contributed by atoms with E-state index in [2.05, 4.69) is 48.2 Å². The summed E-state index contributed by atoms with van der Waals surface area (Å²) < 4.78 is 0. The van der Waals surface area contributed by atoms with Crippen molar-refractivity contribution in [3.05, 3.63) is 24.3 Å². The number of nitrogens with zero attached hydrogens (tertiary/aromatic N) is 2. The van der Waals surface area contributed by atoms with Gasteiger partial charge in [0.1, 0.15) is 0 Å². The Morgan fingerprint density at radius 2 is 1.03 bits per heavy atom. The number of hydrogen-bond acceptors (Lipinski definition) is 2. The van der Waals surface area contributed by atoms with Gasteiger partial charge in [0.15, 0.2) is 0 Å². The van der Waals surface area contributed by atoms with Gasteiger partial charge in [0.05, 0.1) is 0 Å². The Hall–Kier alpha value is -0.600. The van der Waals surface area contributed by atoms with Crippen molar-refractivity contribution in [1.82, 2.24) is 9.80 Å². The third-order valence-electron chi connectivity index (χ3n) is 9.83. The Labute approximate surface area is 179 Å². The Kier molecular flexibility index (Phi) is 6.21. The molecule has 1 aliphatic heterocycles. The third-order valence-corrected chi connectivity index (χ3v) is 9.83. The second-order valence-corrected chi connectivity index (χ2v) is 11.3. The second-order valence-electron chi connectivity index (χ2n) is 11.3. The van der Waals surface area contributed by atoms with Gasteiger partial charge in [0.25, 0.3) is 0 Å². The quantitative estimate of drug-likeness (QED) is 0.514. The summed E-state index contributed by atoms with van der Waals surface area (Å²) in [5, 5.41) is 0. The summed E-state index contributed by atoms with van der Waals surface area (Å²) in [7, 11) is 4.84. The maximum atomic E-state index is 2.74. The summed E-state index contributed by atoms with van der Waals surface area (Å²) in [5.74, 6) is 5.47. The van der Waals surface area contributed by atoms with Crippen molar-refractivity contribution >= 4 is 0 Å². The third kappa shape index (κ3) is 4.01. The molecule has 4 fully saturated rings. The van der Waals surface area contributed by atoms with E-state index < -0.39 is 0 Å². The molecule has 0 aromatic carbocycles. The standard InChI is InChI=1S/C27H44N2/c1-28-16-9-17-29(2)27-19-21-11-4-6-13-23(21)25(27)15-8-7-14-24-22-12-5-3-10-20(22)18-26(24)28/h7-8,14-15,20-27H,3-6,9-13,16-19H2,1-2H3/t20-,21?,22?,23+,24-,25-,26?,27+/m1/s1. The molecule has 5 aliphatic rings. The Balaban J connectivity index is 1.38. The smallest absolute Gasteiger partial charge is 0.0161 e. The first kappa shape index (κ1) is 20.3. The van der Waals surface area contributed by atoms with Gasteiger partial charge < -0.3 is 9.80 Å². The molecule has 0 amide bonds. The first-order valence-electron chi connectivity index (χ1n) is 13.0. The summed E-state index contributed by atoms with van der Waals surface area (Å²) in [6.07, 6.45) is 26.3. The molecule has 0 bridgehead atoms. The summed E-state index contributed by atoms with van der Waals surface area (Å²) in [6, 6.07) is 1.56. The fourth-order valence-corrected chi connectivity index (χ4v) is 8.35. The fourth-order valence-electron chi connectivity index (χ4n) is 8.35.